The van der Waals surface area contributed by atoms with Crippen molar-refractivity contribution in [3.8, 4) is 0 Å². The van der Waals surface area contributed by atoms with Crippen LogP contribution in [0.15, 0.2) is 71.9 Å². The quantitative estimate of drug-likeness (QED) is 0.254. The van der Waals surface area contributed by atoms with E-state index in [1.165, 1.54) is 52.3 Å². The highest BCUT2D eigenvalue weighted by Crippen LogP contribution is 2.35. The molecule has 2 aliphatic rings. The van der Waals surface area contributed by atoms with E-state index >= 15 is 0 Å². The molecule has 2 heterocycles. The highest BCUT2D eigenvalue weighted by atomic mass is 32.2. The highest BCUT2D eigenvalue weighted by Gasteiger charge is 2.35. The average molecular weight is 483 g/mol. The molecule has 3 aromatic carbocycles. The highest BCUT2D eigenvalue weighted by molar-refractivity contribution is 7.99. The standard InChI is InChI=1S/C28H26N4O2S/c33-26-23-15-6-7-16-24(23)27(34)31(26)18-35-28-30-29-25(32(28)21-12-2-1-3-13-21)17-20-11-8-10-19-9-4-5-14-22(19)20/h4-11,14-16,21H,1-3,12-13,17-18H2. The van der Waals surface area contributed by atoms with Gasteiger partial charge in [-0.2, -0.15) is 0 Å². The van der Waals surface area contributed by atoms with Gasteiger partial charge in [0.2, 0.25) is 0 Å². The molecule has 176 valence electrons. The number of nitrogens with zero attached hydrogens (tertiary/aromatic N) is 4. The van der Waals surface area contributed by atoms with Gasteiger partial charge < -0.3 is 4.57 Å². The van der Waals surface area contributed by atoms with E-state index in [4.69, 9.17) is 0 Å². The molecule has 1 saturated carbocycles. The molecule has 0 bridgehead atoms. The van der Waals surface area contributed by atoms with Crippen LogP contribution in [-0.4, -0.2) is 37.4 Å². The van der Waals surface area contributed by atoms with Crippen LogP contribution in [0.25, 0.3) is 10.8 Å². The zero-order valence-corrected chi connectivity index (χ0v) is 20.2. The lowest BCUT2D eigenvalue weighted by molar-refractivity contribution is 0.0684. The van der Waals surface area contributed by atoms with Crippen molar-refractivity contribution in [3.63, 3.8) is 0 Å². The van der Waals surface area contributed by atoms with Gasteiger partial charge in [0.05, 0.1) is 17.0 Å². The van der Waals surface area contributed by atoms with Crippen LogP contribution in [0.3, 0.4) is 0 Å². The number of hydrogen-bond acceptors (Lipinski definition) is 5. The normalized spacial score (nSPS) is 16.3. The number of rotatable bonds is 6. The zero-order valence-electron chi connectivity index (χ0n) is 19.4. The van der Waals surface area contributed by atoms with Crippen molar-refractivity contribution in [2.75, 3.05) is 5.88 Å². The molecule has 4 aromatic rings. The van der Waals surface area contributed by atoms with Crippen LogP contribution in [0.5, 0.6) is 0 Å². The number of benzene rings is 3. The number of carbonyl (C=O) groups is 2. The lowest BCUT2D eigenvalue weighted by Gasteiger charge is -2.26. The Morgan fingerprint density at radius 1 is 0.800 bits per heavy atom. The van der Waals surface area contributed by atoms with E-state index in [9.17, 15) is 9.59 Å². The summed E-state index contributed by atoms with van der Waals surface area (Å²) in [5.74, 6) is 0.694. The summed E-state index contributed by atoms with van der Waals surface area (Å²) in [5, 5.41) is 12.4. The molecular weight excluding hydrogens is 456 g/mol. The van der Waals surface area contributed by atoms with E-state index in [0.717, 1.165) is 23.8 Å². The fourth-order valence-electron chi connectivity index (χ4n) is 5.33. The molecule has 7 heteroatoms. The minimum Gasteiger partial charge on any atom is -0.303 e. The van der Waals surface area contributed by atoms with Gasteiger partial charge in [0.15, 0.2) is 5.16 Å². The Bertz CT molecular complexity index is 1380. The first-order valence-electron chi connectivity index (χ1n) is 12.2. The van der Waals surface area contributed by atoms with Crippen molar-refractivity contribution in [3.05, 3.63) is 89.2 Å². The molecule has 6 rings (SSSR count). The number of aromatic nitrogens is 3. The van der Waals surface area contributed by atoms with E-state index in [-0.39, 0.29) is 17.7 Å². The predicted molar refractivity (Wildman–Crippen MR) is 137 cm³/mol. The number of thioether (sulfide) groups is 1. The molecule has 1 aliphatic carbocycles. The first kappa shape index (κ1) is 22.0. The molecule has 0 N–H and O–H groups in total. The second-order valence-corrected chi connectivity index (χ2v) is 10.1. The molecule has 0 unspecified atom stereocenters. The van der Waals surface area contributed by atoms with Crippen molar-refractivity contribution < 1.29 is 9.59 Å². The first-order chi connectivity index (χ1) is 17.2. The molecule has 6 nitrogen and oxygen atoms in total. The maximum absolute atomic E-state index is 12.8. The first-order valence-corrected chi connectivity index (χ1v) is 13.2. The van der Waals surface area contributed by atoms with Crippen molar-refractivity contribution in [2.45, 2.75) is 49.7 Å². The molecule has 2 amide bonds. The minimum atomic E-state index is -0.238. The van der Waals surface area contributed by atoms with Crippen molar-refractivity contribution in [2.24, 2.45) is 0 Å². The van der Waals surface area contributed by atoms with E-state index < -0.39 is 0 Å². The van der Waals surface area contributed by atoms with Crippen LogP contribution in [0.4, 0.5) is 0 Å². The molecule has 0 radical (unpaired) electrons. The summed E-state index contributed by atoms with van der Waals surface area (Å²) < 4.78 is 2.28. The fraction of sp³-hybridized carbons (Fsp3) is 0.286. The average Bonchev–Trinajstić information content (AvgIpc) is 3.41. The van der Waals surface area contributed by atoms with Gasteiger partial charge in [-0.25, -0.2) is 0 Å². The van der Waals surface area contributed by atoms with Gasteiger partial charge in [-0.05, 0) is 41.3 Å². The Kier molecular flexibility index (Phi) is 5.86. The number of hydrogen-bond donors (Lipinski definition) is 0. The van der Waals surface area contributed by atoms with Crippen LogP contribution < -0.4 is 0 Å². The van der Waals surface area contributed by atoms with Crippen LogP contribution in [0.1, 0.15) is 70.2 Å². The van der Waals surface area contributed by atoms with Gasteiger partial charge in [0, 0.05) is 12.5 Å². The summed E-state index contributed by atoms with van der Waals surface area (Å²) in [6, 6.07) is 22.2. The van der Waals surface area contributed by atoms with Gasteiger partial charge in [-0.3, -0.25) is 14.5 Å². The second-order valence-electron chi connectivity index (χ2n) is 9.23. The summed E-state index contributed by atoms with van der Waals surface area (Å²) in [6.45, 7) is 0. The maximum Gasteiger partial charge on any atom is 0.262 e. The summed E-state index contributed by atoms with van der Waals surface area (Å²) in [6.07, 6.45) is 6.54. The Hall–Kier alpha value is -3.45. The number of amides is 2. The molecule has 0 saturated heterocycles. The second kappa shape index (κ2) is 9.30. The van der Waals surface area contributed by atoms with Gasteiger partial charge in [0.25, 0.3) is 11.8 Å². The maximum atomic E-state index is 12.8. The summed E-state index contributed by atoms with van der Waals surface area (Å²) in [5.41, 5.74) is 2.18. The number of imide groups is 1. The zero-order chi connectivity index (χ0) is 23.8. The molecule has 1 aromatic heterocycles. The third-order valence-corrected chi connectivity index (χ3v) is 8.03. The topological polar surface area (TPSA) is 68.1 Å². The fourth-order valence-corrected chi connectivity index (χ4v) is 6.30. The smallest absolute Gasteiger partial charge is 0.262 e. The molecule has 1 fully saturated rings. The molecular formula is C28H26N4O2S. The largest absolute Gasteiger partial charge is 0.303 e. The van der Waals surface area contributed by atoms with E-state index in [2.05, 4.69) is 57.2 Å². The monoisotopic (exact) mass is 482 g/mol. The Morgan fingerprint density at radius 3 is 2.26 bits per heavy atom. The Balaban J connectivity index is 1.30. The number of fused-ring (bicyclic) bond motifs is 2. The SMILES string of the molecule is O=C1c2ccccc2C(=O)N1CSc1nnc(Cc2cccc3ccccc23)n1C1CCCCC1. The Morgan fingerprint density at radius 2 is 1.49 bits per heavy atom. The predicted octanol–water partition coefficient (Wildman–Crippen LogP) is 5.87. The molecule has 0 atom stereocenters. The summed E-state index contributed by atoms with van der Waals surface area (Å²) >= 11 is 1.42. The lowest BCUT2D eigenvalue weighted by atomic mass is 9.95. The van der Waals surface area contributed by atoms with Crippen LogP contribution >= 0.6 is 11.8 Å². The Labute approximate surface area is 208 Å². The van der Waals surface area contributed by atoms with E-state index in [0.29, 0.717) is 23.6 Å². The van der Waals surface area contributed by atoms with Gasteiger partial charge in [0.1, 0.15) is 5.82 Å². The van der Waals surface area contributed by atoms with Crippen molar-refractivity contribution in [1.29, 1.82) is 0 Å². The third kappa shape index (κ3) is 4.04. The van der Waals surface area contributed by atoms with Crippen LogP contribution in [-0.2, 0) is 6.42 Å². The minimum absolute atomic E-state index is 0.228. The van der Waals surface area contributed by atoms with Gasteiger partial charge >= 0.3 is 0 Å². The van der Waals surface area contributed by atoms with E-state index in [1.807, 2.05) is 0 Å². The van der Waals surface area contributed by atoms with Gasteiger partial charge in [-0.1, -0.05) is 85.6 Å². The van der Waals surface area contributed by atoms with Crippen molar-refractivity contribution >= 4 is 34.3 Å². The summed E-state index contributed by atoms with van der Waals surface area (Å²) in [4.78, 5) is 27.0. The molecule has 1 aliphatic heterocycles. The van der Waals surface area contributed by atoms with Gasteiger partial charge in [-0.15, -0.1) is 10.2 Å². The lowest BCUT2D eigenvalue weighted by Crippen LogP contribution is -2.29. The summed E-state index contributed by atoms with van der Waals surface area (Å²) in [7, 11) is 0. The van der Waals surface area contributed by atoms with Crippen LogP contribution in [0.2, 0.25) is 0 Å². The number of carbonyl (C=O) groups excluding carboxylic acids is 2. The molecule has 0 spiro atoms. The third-order valence-electron chi connectivity index (χ3n) is 7.10. The van der Waals surface area contributed by atoms with Crippen molar-refractivity contribution in [1.82, 2.24) is 19.7 Å². The molecule has 35 heavy (non-hydrogen) atoms. The van der Waals surface area contributed by atoms with Crippen LogP contribution in [0, 0.1) is 0 Å². The van der Waals surface area contributed by atoms with E-state index in [1.54, 1.807) is 24.3 Å².